The molecule has 5 nitrogen and oxygen atoms in total. The van der Waals surface area contributed by atoms with Crippen LogP contribution in [0.5, 0.6) is 0 Å². The molecule has 1 aliphatic rings. The lowest BCUT2D eigenvalue weighted by atomic mass is 10.0. The minimum Gasteiger partial charge on any atom is -0.334 e. The van der Waals surface area contributed by atoms with Crippen molar-refractivity contribution in [2.75, 3.05) is 16.5 Å². The van der Waals surface area contributed by atoms with Crippen LogP contribution in [0.1, 0.15) is 32.5 Å². The zero-order valence-electron chi connectivity index (χ0n) is 12.5. The van der Waals surface area contributed by atoms with Gasteiger partial charge in [0.1, 0.15) is 12.0 Å². The average Bonchev–Trinajstić information content (AvgIpc) is 2.89. The fraction of sp³-hybridized carbons (Fsp3) is 0.400. The summed E-state index contributed by atoms with van der Waals surface area (Å²) in [6, 6.07) is 7.76. The van der Waals surface area contributed by atoms with E-state index < -0.39 is 0 Å². The van der Waals surface area contributed by atoms with Crippen LogP contribution < -0.4 is 15.5 Å². The second kappa shape index (κ2) is 4.93. The van der Waals surface area contributed by atoms with Crippen molar-refractivity contribution in [3.05, 3.63) is 41.0 Å². The van der Waals surface area contributed by atoms with Crippen molar-refractivity contribution >= 4 is 23.1 Å². The molecule has 1 atom stereocenters. The minimum atomic E-state index is -0.224. The highest BCUT2D eigenvalue weighted by Gasteiger charge is 2.35. The molecule has 1 unspecified atom stereocenters. The van der Waals surface area contributed by atoms with Crippen molar-refractivity contribution in [3.8, 4) is 0 Å². The first-order chi connectivity index (χ1) is 9.88. The van der Waals surface area contributed by atoms with Gasteiger partial charge in [0.15, 0.2) is 0 Å². The van der Waals surface area contributed by atoms with Crippen molar-refractivity contribution in [2.45, 2.75) is 32.5 Å². The smallest absolute Gasteiger partial charge is 0.132 e. The molecule has 21 heavy (non-hydrogen) atoms. The molecule has 1 aromatic carbocycles. The lowest BCUT2D eigenvalue weighted by molar-refractivity contribution is 0.457. The topological polar surface area (TPSA) is 61.2 Å². The van der Waals surface area contributed by atoms with Crippen LogP contribution in [0.3, 0.4) is 0 Å². The fourth-order valence-electron chi connectivity index (χ4n) is 2.62. The third kappa shape index (κ3) is 2.47. The number of aromatic nitrogens is 2. The molecule has 0 amide bonds. The molecule has 0 bridgehead atoms. The number of fused-ring (bicyclic) bond motifs is 1. The molecule has 0 saturated carbocycles. The lowest BCUT2D eigenvalue weighted by Gasteiger charge is -2.47. The van der Waals surface area contributed by atoms with Crippen molar-refractivity contribution in [1.29, 1.82) is 0 Å². The Morgan fingerprint density at radius 2 is 1.95 bits per heavy atom. The molecule has 1 aliphatic heterocycles. The van der Waals surface area contributed by atoms with Crippen molar-refractivity contribution in [2.24, 2.45) is 5.73 Å². The summed E-state index contributed by atoms with van der Waals surface area (Å²) in [6.07, 6.45) is 1.58. The van der Waals surface area contributed by atoms with E-state index in [9.17, 15) is 0 Å². The third-order valence-corrected chi connectivity index (χ3v) is 4.09. The standard InChI is InChI=1S/C15H20ClN5/c1-15(2,3)21-9-20(11-6-4-10(16)5-7-11)13(17)12-8-18-19-14(12)21/h4-8,13H,9,17H2,1-3H3,(H,18,19). The first-order valence-corrected chi connectivity index (χ1v) is 7.34. The van der Waals surface area contributed by atoms with Crippen LogP contribution >= 0.6 is 11.6 Å². The van der Waals surface area contributed by atoms with Crippen LogP contribution in [0, 0.1) is 0 Å². The van der Waals surface area contributed by atoms with Crippen LogP contribution in [0.15, 0.2) is 30.5 Å². The SMILES string of the molecule is CC(C)(C)N1CN(c2ccc(Cl)cc2)C(N)c2cn[nH]c21. The van der Waals surface area contributed by atoms with Gasteiger partial charge >= 0.3 is 0 Å². The molecule has 0 aliphatic carbocycles. The van der Waals surface area contributed by atoms with Crippen LogP contribution in [0.25, 0.3) is 0 Å². The van der Waals surface area contributed by atoms with Crippen molar-refractivity contribution in [1.82, 2.24) is 10.2 Å². The normalized spacial score (nSPS) is 18.8. The molecule has 2 heterocycles. The first kappa shape index (κ1) is 14.2. The molecule has 0 fully saturated rings. The number of hydrogen-bond donors (Lipinski definition) is 2. The maximum absolute atomic E-state index is 6.42. The van der Waals surface area contributed by atoms with E-state index >= 15 is 0 Å². The van der Waals surface area contributed by atoms with Crippen LogP contribution in [-0.2, 0) is 0 Å². The number of aromatic amines is 1. The van der Waals surface area contributed by atoms with E-state index in [0.29, 0.717) is 6.67 Å². The highest BCUT2D eigenvalue weighted by molar-refractivity contribution is 6.30. The van der Waals surface area contributed by atoms with Gasteiger partial charge < -0.3 is 15.5 Å². The Hall–Kier alpha value is -1.72. The Bertz CT molecular complexity index is 628. The summed E-state index contributed by atoms with van der Waals surface area (Å²) < 4.78 is 0. The Morgan fingerprint density at radius 3 is 2.57 bits per heavy atom. The largest absolute Gasteiger partial charge is 0.334 e. The maximum Gasteiger partial charge on any atom is 0.132 e. The van der Waals surface area contributed by atoms with E-state index in [1.165, 1.54) is 0 Å². The predicted octanol–water partition coefficient (Wildman–Crippen LogP) is 3.10. The fourth-order valence-corrected chi connectivity index (χ4v) is 2.75. The summed E-state index contributed by atoms with van der Waals surface area (Å²) >= 11 is 5.98. The number of nitrogens with two attached hydrogens (primary N) is 1. The summed E-state index contributed by atoms with van der Waals surface area (Å²) in [5.74, 6) is 1.00. The number of benzene rings is 1. The van der Waals surface area contributed by atoms with Gasteiger partial charge in [-0.2, -0.15) is 5.10 Å². The van der Waals surface area contributed by atoms with E-state index in [0.717, 1.165) is 22.1 Å². The van der Waals surface area contributed by atoms with Gasteiger partial charge in [-0.3, -0.25) is 5.10 Å². The molecule has 6 heteroatoms. The summed E-state index contributed by atoms with van der Waals surface area (Å²) in [5, 5.41) is 7.96. The summed E-state index contributed by atoms with van der Waals surface area (Å²) in [6.45, 7) is 7.22. The number of halogens is 1. The number of hydrogen-bond acceptors (Lipinski definition) is 4. The van der Waals surface area contributed by atoms with Crippen LogP contribution in [0.2, 0.25) is 5.02 Å². The van der Waals surface area contributed by atoms with E-state index in [1.54, 1.807) is 6.20 Å². The molecule has 0 radical (unpaired) electrons. The molecule has 2 aromatic rings. The van der Waals surface area contributed by atoms with Gasteiger partial charge in [-0.1, -0.05) is 11.6 Å². The minimum absolute atomic E-state index is 0.0356. The molecule has 112 valence electrons. The van der Waals surface area contributed by atoms with Gasteiger partial charge in [0.2, 0.25) is 0 Å². The molecule has 0 saturated heterocycles. The first-order valence-electron chi connectivity index (χ1n) is 6.96. The number of rotatable bonds is 1. The van der Waals surface area contributed by atoms with Crippen LogP contribution in [-0.4, -0.2) is 22.4 Å². The van der Waals surface area contributed by atoms with Gasteiger partial charge in [0.25, 0.3) is 0 Å². The van der Waals surface area contributed by atoms with E-state index in [2.05, 4.69) is 40.8 Å². The molecule has 0 spiro atoms. The lowest BCUT2D eigenvalue weighted by Crippen LogP contribution is -2.54. The van der Waals surface area contributed by atoms with E-state index in [4.69, 9.17) is 17.3 Å². The second-order valence-electron chi connectivity index (χ2n) is 6.31. The van der Waals surface area contributed by atoms with Crippen molar-refractivity contribution < 1.29 is 0 Å². The summed E-state index contributed by atoms with van der Waals surface area (Å²) in [5.41, 5.74) is 8.44. The van der Waals surface area contributed by atoms with Crippen molar-refractivity contribution in [3.63, 3.8) is 0 Å². The summed E-state index contributed by atoms with van der Waals surface area (Å²) in [4.78, 5) is 4.42. The third-order valence-electron chi connectivity index (χ3n) is 3.83. The molecular formula is C15H20ClN5. The molecule has 3 N–H and O–H groups in total. The number of nitrogens with zero attached hydrogens (tertiary/aromatic N) is 3. The number of H-pyrrole nitrogens is 1. The highest BCUT2D eigenvalue weighted by atomic mass is 35.5. The molecule has 1 aromatic heterocycles. The molecule has 3 rings (SSSR count). The Morgan fingerprint density at radius 1 is 1.29 bits per heavy atom. The monoisotopic (exact) mass is 305 g/mol. The summed E-state index contributed by atoms with van der Waals surface area (Å²) in [7, 11) is 0. The van der Waals surface area contributed by atoms with E-state index in [1.807, 2.05) is 24.3 Å². The number of anilines is 2. The second-order valence-corrected chi connectivity index (χ2v) is 6.74. The Balaban J connectivity index is 2.03. The quantitative estimate of drug-likeness (QED) is 0.850. The van der Waals surface area contributed by atoms with Gasteiger partial charge in [0.05, 0.1) is 18.4 Å². The van der Waals surface area contributed by atoms with Crippen LogP contribution in [0.4, 0.5) is 11.5 Å². The highest BCUT2D eigenvalue weighted by Crippen LogP contribution is 2.37. The van der Waals surface area contributed by atoms with Gasteiger partial charge in [-0.25, -0.2) is 0 Å². The Kier molecular flexibility index (Phi) is 3.34. The zero-order chi connectivity index (χ0) is 15.2. The molecular weight excluding hydrogens is 286 g/mol. The van der Waals surface area contributed by atoms with E-state index in [-0.39, 0.29) is 11.7 Å². The zero-order valence-corrected chi connectivity index (χ0v) is 13.2. The maximum atomic E-state index is 6.42. The van der Waals surface area contributed by atoms with Gasteiger partial charge in [0, 0.05) is 16.2 Å². The number of nitrogens with one attached hydrogen (secondary N) is 1. The van der Waals surface area contributed by atoms with Gasteiger partial charge in [-0.15, -0.1) is 0 Å². The van der Waals surface area contributed by atoms with Gasteiger partial charge in [-0.05, 0) is 45.0 Å². The predicted molar refractivity (Wildman–Crippen MR) is 86.5 cm³/mol. The Labute approximate surface area is 129 Å². The average molecular weight is 306 g/mol.